The minimum atomic E-state index is -0.534. The zero-order valence-electron chi connectivity index (χ0n) is 18.7. The second kappa shape index (κ2) is 9.08. The van der Waals surface area contributed by atoms with Gasteiger partial charge in [-0.15, -0.1) is 0 Å². The Morgan fingerprint density at radius 2 is 1.74 bits per heavy atom. The van der Waals surface area contributed by atoms with Crippen LogP contribution in [0.15, 0.2) is 53.2 Å². The molecule has 0 aliphatic carbocycles. The molecule has 1 aliphatic rings. The maximum absolute atomic E-state index is 13.5. The van der Waals surface area contributed by atoms with Gasteiger partial charge in [-0.25, -0.2) is 4.79 Å². The maximum Gasteiger partial charge on any atom is 0.340 e. The molecule has 0 unspecified atom stereocenters. The molecular weight excluding hydrogens is 394 g/mol. The van der Waals surface area contributed by atoms with Crippen molar-refractivity contribution in [2.45, 2.75) is 27.7 Å². The average Bonchev–Trinajstić information content (AvgIpc) is 2.99. The van der Waals surface area contributed by atoms with Crippen LogP contribution >= 0.6 is 0 Å². The molecule has 3 rings (SSSR count). The summed E-state index contributed by atoms with van der Waals surface area (Å²) < 4.78 is 16.0. The summed E-state index contributed by atoms with van der Waals surface area (Å²) in [6, 6.07) is 11.1. The van der Waals surface area contributed by atoms with Gasteiger partial charge in [-0.1, -0.05) is 6.07 Å². The molecule has 1 heterocycles. The minimum Gasteiger partial charge on any atom is -0.497 e. The van der Waals surface area contributed by atoms with E-state index in [9.17, 15) is 9.59 Å². The van der Waals surface area contributed by atoms with Gasteiger partial charge < -0.3 is 14.2 Å². The predicted molar refractivity (Wildman–Crippen MR) is 120 cm³/mol. The fraction of sp³-hybridized carbons (Fsp3) is 0.280. The van der Waals surface area contributed by atoms with Crippen molar-refractivity contribution in [1.29, 1.82) is 0 Å². The smallest absolute Gasteiger partial charge is 0.340 e. The van der Waals surface area contributed by atoms with Crippen LogP contribution in [-0.4, -0.2) is 32.7 Å². The van der Waals surface area contributed by atoms with Crippen LogP contribution in [0, 0.1) is 13.8 Å². The summed E-state index contributed by atoms with van der Waals surface area (Å²) in [6.45, 7) is 7.70. The van der Waals surface area contributed by atoms with Crippen molar-refractivity contribution in [2.75, 3.05) is 25.7 Å². The first kappa shape index (κ1) is 22.2. The average molecular weight is 421 g/mol. The first-order valence-electron chi connectivity index (χ1n) is 10.1. The molecule has 6 heteroatoms. The lowest BCUT2D eigenvalue weighted by Gasteiger charge is -2.19. The fourth-order valence-electron chi connectivity index (χ4n) is 3.56. The van der Waals surface area contributed by atoms with Gasteiger partial charge in [-0.05, 0) is 75.2 Å². The number of hydrogen-bond donors (Lipinski definition) is 0. The van der Waals surface area contributed by atoms with Crippen molar-refractivity contribution in [3.63, 3.8) is 0 Å². The van der Waals surface area contributed by atoms with Crippen LogP contribution in [0.1, 0.15) is 30.5 Å². The molecule has 0 fully saturated rings. The van der Waals surface area contributed by atoms with E-state index in [1.54, 1.807) is 57.2 Å². The number of esters is 1. The second-order valence-corrected chi connectivity index (χ2v) is 7.26. The van der Waals surface area contributed by atoms with Crippen molar-refractivity contribution in [3.8, 4) is 11.5 Å². The first-order valence-corrected chi connectivity index (χ1v) is 10.1. The summed E-state index contributed by atoms with van der Waals surface area (Å²) in [4.78, 5) is 27.9. The number of carbonyl (C=O) groups excluding carboxylic acids is 2. The lowest BCUT2D eigenvalue weighted by molar-refractivity contribution is -0.138. The predicted octanol–water partition coefficient (Wildman–Crippen LogP) is 4.59. The van der Waals surface area contributed by atoms with Gasteiger partial charge in [0.25, 0.3) is 5.91 Å². The second-order valence-electron chi connectivity index (χ2n) is 7.26. The number of allylic oxidation sites excluding steroid dienone is 1. The molecule has 0 spiro atoms. The Labute approximate surface area is 182 Å². The zero-order valence-corrected chi connectivity index (χ0v) is 18.7. The standard InChI is InChI=1S/C25H27NO5/c1-7-31-25(28)23-17(4)26(19-9-8-15(2)16(3)12-19)24(27)21(23)14-18-13-20(29-5)10-11-22(18)30-6/h8-14H,7H2,1-6H3/b21-14-. The summed E-state index contributed by atoms with van der Waals surface area (Å²) in [6.07, 6.45) is 1.65. The van der Waals surface area contributed by atoms with Crippen molar-refractivity contribution < 1.29 is 23.8 Å². The van der Waals surface area contributed by atoms with Crippen LogP contribution in [0.4, 0.5) is 5.69 Å². The van der Waals surface area contributed by atoms with Crippen LogP contribution in [0.3, 0.4) is 0 Å². The lowest BCUT2D eigenvalue weighted by Crippen LogP contribution is -2.24. The Morgan fingerprint density at radius 3 is 2.35 bits per heavy atom. The third-order valence-electron chi connectivity index (χ3n) is 5.37. The number of benzene rings is 2. The molecule has 0 saturated carbocycles. The zero-order chi connectivity index (χ0) is 22.7. The van der Waals surface area contributed by atoms with E-state index in [1.165, 1.54) is 0 Å². The quantitative estimate of drug-likeness (QED) is 0.504. The minimum absolute atomic E-state index is 0.212. The number of hydrogen-bond acceptors (Lipinski definition) is 5. The number of rotatable bonds is 6. The molecule has 31 heavy (non-hydrogen) atoms. The van der Waals surface area contributed by atoms with Crippen LogP contribution in [0.2, 0.25) is 0 Å². The maximum atomic E-state index is 13.5. The highest BCUT2D eigenvalue weighted by Crippen LogP contribution is 2.37. The van der Waals surface area contributed by atoms with Crippen LogP contribution in [0.25, 0.3) is 6.08 Å². The summed E-state index contributed by atoms with van der Waals surface area (Å²) >= 11 is 0. The van der Waals surface area contributed by atoms with E-state index in [0.717, 1.165) is 11.1 Å². The Kier molecular flexibility index (Phi) is 6.49. The van der Waals surface area contributed by atoms with E-state index >= 15 is 0 Å². The van der Waals surface area contributed by atoms with Gasteiger partial charge in [0, 0.05) is 16.9 Å². The van der Waals surface area contributed by atoms with E-state index in [2.05, 4.69) is 0 Å². The van der Waals surface area contributed by atoms with E-state index in [1.807, 2.05) is 32.0 Å². The number of carbonyl (C=O) groups is 2. The first-order chi connectivity index (χ1) is 14.8. The number of aryl methyl sites for hydroxylation is 2. The summed E-state index contributed by atoms with van der Waals surface area (Å²) in [5.41, 5.74) is 4.54. The third kappa shape index (κ3) is 4.19. The van der Waals surface area contributed by atoms with Crippen molar-refractivity contribution in [3.05, 3.63) is 69.9 Å². The highest BCUT2D eigenvalue weighted by molar-refractivity contribution is 6.24. The highest BCUT2D eigenvalue weighted by atomic mass is 16.5. The fourth-order valence-corrected chi connectivity index (χ4v) is 3.56. The largest absolute Gasteiger partial charge is 0.497 e. The van der Waals surface area contributed by atoms with Gasteiger partial charge in [-0.3, -0.25) is 9.69 Å². The topological polar surface area (TPSA) is 65.1 Å². The van der Waals surface area contributed by atoms with Crippen LogP contribution in [-0.2, 0) is 14.3 Å². The third-order valence-corrected chi connectivity index (χ3v) is 5.37. The Bertz CT molecular complexity index is 1100. The number of ether oxygens (including phenoxy) is 3. The van der Waals surface area contributed by atoms with E-state index < -0.39 is 5.97 Å². The molecule has 0 bridgehead atoms. The Balaban J connectivity index is 2.19. The van der Waals surface area contributed by atoms with E-state index in [4.69, 9.17) is 14.2 Å². The van der Waals surface area contributed by atoms with Gasteiger partial charge in [0.05, 0.1) is 32.0 Å². The molecule has 2 aromatic rings. The normalized spacial score (nSPS) is 15.0. The molecule has 162 valence electrons. The van der Waals surface area contributed by atoms with E-state index in [-0.39, 0.29) is 23.7 Å². The highest BCUT2D eigenvalue weighted by Gasteiger charge is 2.38. The van der Waals surface area contributed by atoms with Gasteiger partial charge in [0.1, 0.15) is 11.5 Å². The van der Waals surface area contributed by atoms with Crippen molar-refractivity contribution in [1.82, 2.24) is 0 Å². The molecule has 0 radical (unpaired) electrons. The lowest BCUT2D eigenvalue weighted by atomic mass is 10.0. The molecule has 0 aromatic heterocycles. The SMILES string of the molecule is CCOC(=O)C1=C(C)N(c2ccc(C)c(C)c2)C(=O)/C1=C\c1cc(OC)ccc1OC. The van der Waals surface area contributed by atoms with Crippen molar-refractivity contribution >= 4 is 23.6 Å². The van der Waals surface area contributed by atoms with Gasteiger partial charge >= 0.3 is 5.97 Å². The molecule has 0 atom stereocenters. The summed E-state index contributed by atoms with van der Waals surface area (Å²) in [5.74, 6) is 0.343. The summed E-state index contributed by atoms with van der Waals surface area (Å²) in [5, 5.41) is 0. The molecule has 1 aliphatic heterocycles. The molecular formula is C25H27NO5. The molecule has 1 amide bonds. The number of nitrogens with zero attached hydrogens (tertiary/aromatic N) is 1. The van der Waals surface area contributed by atoms with Crippen molar-refractivity contribution in [2.24, 2.45) is 0 Å². The number of methoxy groups -OCH3 is 2. The number of amides is 1. The Morgan fingerprint density at radius 1 is 1.00 bits per heavy atom. The van der Waals surface area contributed by atoms with Crippen LogP contribution < -0.4 is 14.4 Å². The molecule has 6 nitrogen and oxygen atoms in total. The van der Waals surface area contributed by atoms with Gasteiger partial charge in [0.15, 0.2) is 0 Å². The van der Waals surface area contributed by atoms with Crippen LogP contribution in [0.5, 0.6) is 11.5 Å². The Hall–Kier alpha value is -3.54. The van der Waals surface area contributed by atoms with E-state index in [0.29, 0.717) is 28.4 Å². The molecule has 0 N–H and O–H groups in total. The number of anilines is 1. The van der Waals surface area contributed by atoms with Gasteiger partial charge in [-0.2, -0.15) is 0 Å². The van der Waals surface area contributed by atoms with Gasteiger partial charge in [0.2, 0.25) is 0 Å². The molecule has 2 aromatic carbocycles. The summed E-state index contributed by atoms with van der Waals surface area (Å²) in [7, 11) is 3.12. The molecule has 0 saturated heterocycles. The monoisotopic (exact) mass is 421 g/mol.